The third-order valence-electron chi connectivity index (χ3n) is 2.85. The standard InChI is InChI=1S/C14H18N4O2S/c1-4-15-13(20)18-12(19)9(3)21-14-16-10-6-5-8(2)7-11(10)17-14/h5-7,9H,4H2,1-3H3,(H,16,17)(H2,15,18,19,20)/t9-/m1/s1. The Balaban J connectivity index is 2.02. The minimum atomic E-state index is -0.477. The number of amides is 3. The van der Waals surface area contributed by atoms with Crippen LogP contribution in [0.2, 0.25) is 0 Å². The van der Waals surface area contributed by atoms with Crippen LogP contribution in [0.1, 0.15) is 19.4 Å². The molecule has 112 valence electrons. The molecular weight excluding hydrogens is 288 g/mol. The van der Waals surface area contributed by atoms with E-state index in [1.54, 1.807) is 13.8 Å². The number of nitrogens with zero attached hydrogens (tertiary/aromatic N) is 1. The van der Waals surface area contributed by atoms with Crippen LogP contribution in [0.5, 0.6) is 0 Å². The predicted octanol–water partition coefficient (Wildman–Crippen LogP) is 2.20. The second kappa shape index (κ2) is 6.62. The van der Waals surface area contributed by atoms with E-state index < -0.39 is 11.3 Å². The van der Waals surface area contributed by atoms with Gasteiger partial charge in [0.2, 0.25) is 5.91 Å². The lowest BCUT2D eigenvalue weighted by Crippen LogP contribution is -2.42. The van der Waals surface area contributed by atoms with Gasteiger partial charge in [-0.15, -0.1) is 0 Å². The van der Waals surface area contributed by atoms with Crippen LogP contribution in [0.15, 0.2) is 23.4 Å². The van der Waals surface area contributed by atoms with Crippen molar-refractivity contribution in [1.82, 2.24) is 20.6 Å². The van der Waals surface area contributed by atoms with Crippen LogP contribution in [0.3, 0.4) is 0 Å². The van der Waals surface area contributed by atoms with Crippen molar-refractivity contribution in [1.29, 1.82) is 0 Å². The topological polar surface area (TPSA) is 86.9 Å². The van der Waals surface area contributed by atoms with Crippen molar-refractivity contribution in [2.75, 3.05) is 6.54 Å². The van der Waals surface area contributed by atoms with E-state index in [1.807, 2.05) is 25.1 Å². The van der Waals surface area contributed by atoms with Gasteiger partial charge in [0.25, 0.3) is 0 Å². The van der Waals surface area contributed by atoms with Crippen molar-refractivity contribution >= 4 is 34.7 Å². The molecule has 6 nitrogen and oxygen atoms in total. The number of H-pyrrole nitrogens is 1. The fraction of sp³-hybridized carbons (Fsp3) is 0.357. The average molecular weight is 306 g/mol. The van der Waals surface area contributed by atoms with Gasteiger partial charge in [-0.05, 0) is 38.5 Å². The Kier molecular flexibility index (Phi) is 4.85. The van der Waals surface area contributed by atoms with Gasteiger partial charge in [-0.1, -0.05) is 17.8 Å². The molecule has 3 amide bonds. The van der Waals surface area contributed by atoms with Gasteiger partial charge in [0.1, 0.15) is 0 Å². The third-order valence-corrected chi connectivity index (χ3v) is 3.83. The summed E-state index contributed by atoms with van der Waals surface area (Å²) in [6.07, 6.45) is 0. The highest BCUT2D eigenvalue weighted by Crippen LogP contribution is 2.23. The van der Waals surface area contributed by atoms with E-state index in [-0.39, 0.29) is 5.91 Å². The van der Waals surface area contributed by atoms with E-state index in [9.17, 15) is 9.59 Å². The van der Waals surface area contributed by atoms with E-state index in [0.717, 1.165) is 16.6 Å². The predicted molar refractivity (Wildman–Crippen MR) is 83.4 cm³/mol. The van der Waals surface area contributed by atoms with Crippen LogP contribution in [0.4, 0.5) is 4.79 Å². The summed E-state index contributed by atoms with van der Waals surface area (Å²) in [5.41, 5.74) is 2.94. The molecule has 21 heavy (non-hydrogen) atoms. The molecule has 0 aliphatic rings. The van der Waals surface area contributed by atoms with Crippen molar-refractivity contribution < 1.29 is 9.59 Å². The molecule has 1 atom stereocenters. The van der Waals surface area contributed by atoms with Gasteiger partial charge in [0.05, 0.1) is 16.3 Å². The molecule has 0 radical (unpaired) electrons. The van der Waals surface area contributed by atoms with E-state index in [0.29, 0.717) is 11.7 Å². The molecule has 2 aromatic rings. The zero-order valence-electron chi connectivity index (χ0n) is 12.2. The van der Waals surface area contributed by atoms with Gasteiger partial charge in [-0.2, -0.15) is 0 Å². The van der Waals surface area contributed by atoms with Crippen LogP contribution < -0.4 is 10.6 Å². The maximum absolute atomic E-state index is 11.9. The minimum Gasteiger partial charge on any atom is -0.338 e. The second-order valence-electron chi connectivity index (χ2n) is 4.67. The number of hydrogen-bond acceptors (Lipinski definition) is 4. The molecule has 0 unspecified atom stereocenters. The monoisotopic (exact) mass is 306 g/mol. The van der Waals surface area contributed by atoms with Crippen molar-refractivity contribution in [3.05, 3.63) is 23.8 Å². The number of urea groups is 1. The van der Waals surface area contributed by atoms with Crippen LogP contribution >= 0.6 is 11.8 Å². The zero-order chi connectivity index (χ0) is 15.4. The van der Waals surface area contributed by atoms with E-state index >= 15 is 0 Å². The summed E-state index contributed by atoms with van der Waals surface area (Å²) < 4.78 is 0. The Morgan fingerprint density at radius 1 is 1.43 bits per heavy atom. The first-order valence-electron chi connectivity index (χ1n) is 6.71. The molecule has 1 aromatic carbocycles. The number of aryl methyl sites for hydroxylation is 1. The number of rotatable bonds is 4. The Hall–Kier alpha value is -2.02. The number of aromatic amines is 1. The normalized spacial score (nSPS) is 12.1. The molecule has 0 bridgehead atoms. The molecular formula is C14H18N4O2S. The summed E-state index contributed by atoms with van der Waals surface area (Å²) in [5.74, 6) is -0.345. The lowest BCUT2D eigenvalue weighted by atomic mass is 10.2. The summed E-state index contributed by atoms with van der Waals surface area (Å²) in [4.78, 5) is 30.8. The van der Waals surface area contributed by atoms with Crippen LogP contribution in [0, 0.1) is 6.92 Å². The Morgan fingerprint density at radius 3 is 2.90 bits per heavy atom. The number of imide groups is 1. The first-order chi connectivity index (χ1) is 9.99. The lowest BCUT2D eigenvalue weighted by molar-refractivity contribution is -0.119. The van der Waals surface area contributed by atoms with Gasteiger partial charge in [-0.3, -0.25) is 10.1 Å². The van der Waals surface area contributed by atoms with Crippen molar-refractivity contribution in [2.45, 2.75) is 31.2 Å². The molecule has 0 aliphatic carbocycles. The number of aromatic nitrogens is 2. The molecule has 2 rings (SSSR count). The SMILES string of the molecule is CCNC(=O)NC(=O)[C@@H](C)Sc1nc2ccc(C)cc2[nH]1. The molecule has 7 heteroatoms. The Labute approximate surface area is 127 Å². The van der Waals surface area contributed by atoms with Gasteiger partial charge in [0.15, 0.2) is 5.16 Å². The number of carbonyl (C=O) groups is 2. The maximum Gasteiger partial charge on any atom is 0.321 e. The van der Waals surface area contributed by atoms with E-state index in [4.69, 9.17) is 0 Å². The van der Waals surface area contributed by atoms with Crippen molar-refractivity contribution in [3.8, 4) is 0 Å². The first kappa shape index (κ1) is 15.4. The molecule has 0 spiro atoms. The van der Waals surface area contributed by atoms with Crippen molar-refractivity contribution in [3.63, 3.8) is 0 Å². The number of fused-ring (bicyclic) bond motifs is 1. The molecule has 1 heterocycles. The summed E-state index contributed by atoms with van der Waals surface area (Å²) in [6.45, 7) is 6.01. The average Bonchev–Trinajstić information content (AvgIpc) is 2.80. The van der Waals surface area contributed by atoms with Gasteiger partial charge in [-0.25, -0.2) is 9.78 Å². The Morgan fingerprint density at radius 2 is 2.19 bits per heavy atom. The largest absolute Gasteiger partial charge is 0.338 e. The highest BCUT2D eigenvalue weighted by molar-refractivity contribution is 8.00. The highest BCUT2D eigenvalue weighted by atomic mass is 32.2. The summed E-state index contributed by atoms with van der Waals surface area (Å²) >= 11 is 1.28. The molecule has 1 aromatic heterocycles. The number of benzene rings is 1. The molecule has 3 N–H and O–H groups in total. The number of carbonyl (C=O) groups excluding carboxylic acids is 2. The quantitative estimate of drug-likeness (QED) is 0.756. The number of thioether (sulfide) groups is 1. The number of imidazole rings is 1. The summed E-state index contributed by atoms with van der Waals surface area (Å²) in [7, 11) is 0. The second-order valence-corrected chi connectivity index (χ2v) is 6.00. The molecule has 0 aliphatic heterocycles. The molecule has 0 saturated heterocycles. The molecule has 0 fully saturated rings. The highest BCUT2D eigenvalue weighted by Gasteiger charge is 2.18. The first-order valence-corrected chi connectivity index (χ1v) is 7.59. The van der Waals surface area contributed by atoms with E-state index in [2.05, 4.69) is 20.6 Å². The fourth-order valence-electron chi connectivity index (χ4n) is 1.80. The number of hydrogen-bond donors (Lipinski definition) is 3. The lowest BCUT2D eigenvalue weighted by Gasteiger charge is -2.09. The number of nitrogens with one attached hydrogen (secondary N) is 3. The van der Waals surface area contributed by atoms with Gasteiger partial charge >= 0.3 is 6.03 Å². The molecule has 0 saturated carbocycles. The summed E-state index contributed by atoms with van der Waals surface area (Å²) in [5, 5.41) is 5.05. The maximum atomic E-state index is 11.9. The Bertz CT molecular complexity index is 668. The van der Waals surface area contributed by atoms with E-state index in [1.165, 1.54) is 11.8 Å². The van der Waals surface area contributed by atoms with Crippen LogP contribution in [0.25, 0.3) is 11.0 Å². The smallest absolute Gasteiger partial charge is 0.321 e. The minimum absolute atomic E-state index is 0.345. The van der Waals surface area contributed by atoms with Crippen LogP contribution in [-0.2, 0) is 4.79 Å². The van der Waals surface area contributed by atoms with Crippen molar-refractivity contribution in [2.24, 2.45) is 0 Å². The zero-order valence-corrected chi connectivity index (χ0v) is 13.0. The third kappa shape index (κ3) is 3.98. The van der Waals surface area contributed by atoms with Crippen LogP contribution in [-0.4, -0.2) is 33.7 Å². The summed E-state index contributed by atoms with van der Waals surface area (Å²) in [6, 6.07) is 5.45. The fourth-order valence-corrected chi connectivity index (χ4v) is 2.62. The van der Waals surface area contributed by atoms with Gasteiger partial charge in [0, 0.05) is 6.54 Å². The van der Waals surface area contributed by atoms with Gasteiger partial charge < -0.3 is 10.3 Å².